The summed E-state index contributed by atoms with van der Waals surface area (Å²) in [7, 11) is 1.58. The summed E-state index contributed by atoms with van der Waals surface area (Å²) in [6, 6.07) is 0. The van der Waals surface area contributed by atoms with Gasteiger partial charge in [0, 0.05) is 12.5 Å². The molecule has 0 radical (unpaired) electrons. The molecule has 3 rings (SSSR count). The Morgan fingerprint density at radius 1 is 1.25 bits per heavy atom. The third kappa shape index (κ3) is 1.41. The standard InChI is InChI=1S/C16H26O4/c1-13(2)7-5-8-14(3)11(13)6-9-15(19-4)10-20-12(17)16(14,15)18/h6,9,11-12,17-18H,5,7-8,10H2,1-4H3. The highest BCUT2D eigenvalue weighted by molar-refractivity contribution is 5.31. The smallest absolute Gasteiger partial charge is 0.187 e. The van der Waals surface area contributed by atoms with Gasteiger partial charge in [-0.25, -0.2) is 0 Å². The number of fused-ring (bicyclic) bond motifs is 3. The zero-order valence-electron chi connectivity index (χ0n) is 12.8. The first-order valence-corrected chi connectivity index (χ1v) is 7.50. The Morgan fingerprint density at radius 2 is 1.95 bits per heavy atom. The van der Waals surface area contributed by atoms with E-state index in [1.54, 1.807) is 7.11 Å². The Hall–Kier alpha value is -0.420. The molecular formula is C16H26O4. The largest absolute Gasteiger partial charge is 0.380 e. The summed E-state index contributed by atoms with van der Waals surface area (Å²) in [4.78, 5) is 0. The molecule has 5 atom stereocenters. The predicted octanol–water partition coefficient (Wildman–Crippen LogP) is 1.85. The quantitative estimate of drug-likeness (QED) is 0.721. The zero-order valence-corrected chi connectivity index (χ0v) is 12.8. The van der Waals surface area contributed by atoms with Gasteiger partial charge in [-0.15, -0.1) is 0 Å². The molecule has 2 aliphatic carbocycles. The van der Waals surface area contributed by atoms with Crippen LogP contribution >= 0.6 is 0 Å². The molecule has 1 saturated heterocycles. The lowest BCUT2D eigenvalue weighted by Gasteiger charge is -2.61. The van der Waals surface area contributed by atoms with Crippen LogP contribution in [0.5, 0.6) is 0 Å². The minimum Gasteiger partial charge on any atom is -0.380 e. The van der Waals surface area contributed by atoms with Gasteiger partial charge in [0.25, 0.3) is 0 Å². The fraction of sp³-hybridized carbons (Fsp3) is 0.875. The second-order valence-corrected chi connectivity index (χ2v) is 7.62. The van der Waals surface area contributed by atoms with Crippen LogP contribution in [0.1, 0.15) is 40.0 Å². The molecule has 0 aromatic heterocycles. The number of aliphatic hydroxyl groups excluding tert-OH is 1. The number of methoxy groups -OCH3 is 1. The normalized spacial score (nSPS) is 53.5. The molecule has 0 aromatic rings. The third-order valence-electron chi connectivity index (χ3n) is 6.30. The van der Waals surface area contributed by atoms with E-state index in [0.717, 1.165) is 19.3 Å². The van der Waals surface area contributed by atoms with Crippen LogP contribution in [0.25, 0.3) is 0 Å². The molecular weight excluding hydrogens is 256 g/mol. The van der Waals surface area contributed by atoms with Crippen molar-refractivity contribution in [2.24, 2.45) is 16.7 Å². The highest BCUT2D eigenvalue weighted by atomic mass is 16.7. The van der Waals surface area contributed by atoms with E-state index in [2.05, 4.69) is 26.8 Å². The minimum absolute atomic E-state index is 0.0987. The summed E-state index contributed by atoms with van der Waals surface area (Å²) in [5, 5.41) is 21.8. The van der Waals surface area contributed by atoms with E-state index in [1.165, 1.54) is 0 Å². The van der Waals surface area contributed by atoms with E-state index >= 15 is 0 Å². The summed E-state index contributed by atoms with van der Waals surface area (Å²) in [6.45, 7) is 6.75. The van der Waals surface area contributed by atoms with Gasteiger partial charge < -0.3 is 19.7 Å². The van der Waals surface area contributed by atoms with E-state index in [-0.39, 0.29) is 17.9 Å². The molecule has 0 bridgehead atoms. The van der Waals surface area contributed by atoms with Crippen molar-refractivity contribution < 1.29 is 19.7 Å². The zero-order chi connectivity index (χ0) is 14.8. The first kappa shape index (κ1) is 14.5. The van der Waals surface area contributed by atoms with Gasteiger partial charge in [-0.2, -0.15) is 0 Å². The van der Waals surface area contributed by atoms with Crippen molar-refractivity contribution in [1.82, 2.24) is 0 Å². The fourth-order valence-corrected chi connectivity index (χ4v) is 5.10. The van der Waals surface area contributed by atoms with Crippen molar-refractivity contribution in [2.45, 2.75) is 57.5 Å². The summed E-state index contributed by atoms with van der Waals surface area (Å²) >= 11 is 0. The summed E-state index contributed by atoms with van der Waals surface area (Å²) in [5.41, 5.74) is -2.69. The van der Waals surface area contributed by atoms with Gasteiger partial charge in [0.15, 0.2) is 11.9 Å². The third-order valence-corrected chi connectivity index (χ3v) is 6.30. The molecule has 0 spiro atoms. The Balaban J connectivity index is 2.19. The maximum Gasteiger partial charge on any atom is 0.187 e. The average molecular weight is 282 g/mol. The van der Waals surface area contributed by atoms with Crippen molar-refractivity contribution in [3.8, 4) is 0 Å². The van der Waals surface area contributed by atoms with Gasteiger partial charge in [-0.3, -0.25) is 0 Å². The minimum atomic E-state index is -1.40. The molecule has 0 aromatic carbocycles. The number of hydrogen-bond acceptors (Lipinski definition) is 4. The van der Waals surface area contributed by atoms with E-state index in [0.29, 0.717) is 0 Å². The van der Waals surface area contributed by atoms with Gasteiger partial charge in [0.1, 0.15) is 5.60 Å². The highest BCUT2D eigenvalue weighted by Gasteiger charge is 2.73. The van der Waals surface area contributed by atoms with E-state index in [9.17, 15) is 10.2 Å². The van der Waals surface area contributed by atoms with Crippen LogP contribution in [-0.2, 0) is 9.47 Å². The number of hydrogen-bond donors (Lipinski definition) is 2. The Labute approximate surface area is 120 Å². The fourth-order valence-electron chi connectivity index (χ4n) is 5.10. The molecule has 1 aliphatic heterocycles. The van der Waals surface area contributed by atoms with Crippen LogP contribution in [-0.4, -0.2) is 41.4 Å². The average Bonchev–Trinajstić information content (AvgIpc) is 2.64. The first-order chi connectivity index (χ1) is 9.23. The number of rotatable bonds is 1. The van der Waals surface area contributed by atoms with Gasteiger partial charge in [-0.1, -0.05) is 39.3 Å². The lowest BCUT2D eigenvalue weighted by atomic mass is 9.46. The van der Waals surface area contributed by atoms with Crippen LogP contribution in [0.3, 0.4) is 0 Å². The second kappa shape index (κ2) is 4.07. The lowest BCUT2D eigenvalue weighted by Crippen LogP contribution is -2.71. The molecule has 5 unspecified atom stereocenters. The van der Waals surface area contributed by atoms with E-state index < -0.39 is 22.9 Å². The van der Waals surface area contributed by atoms with Crippen molar-refractivity contribution in [3.63, 3.8) is 0 Å². The molecule has 1 heterocycles. The first-order valence-electron chi connectivity index (χ1n) is 7.50. The molecule has 1 saturated carbocycles. The number of aliphatic hydroxyl groups is 2. The number of ether oxygens (including phenoxy) is 2. The Kier molecular flexibility index (Phi) is 2.95. The summed E-state index contributed by atoms with van der Waals surface area (Å²) in [6.07, 6.45) is 5.94. The summed E-state index contributed by atoms with van der Waals surface area (Å²) < 4.78 is 11.0. The molecule has 20 heavy (non-hydrogen) atoms. The Morgan fingerprint density at radius 3 is 2.60 bits per heavy atom. The van der Waals surface area contributed by atoms with Crippen LogP contribution in [0.2, 0.25) is 0 Å². The Bertz CT molecular complexity index is 446. The van der Waals surface area contributed by atoms with Gasteiger partial charge in [-0.05, 0) is 24.2 Å². The SMILES string of the molecule is COC12C=CC3C(C)(C)CCCC3(C)C1(O)C(O)OC2. The monoisotopic (exact) mass is 282 g/mol. The van der Waals surface area contributed by atoms with Crippen LogP contribution in [0, 0.1) is 16.7 Å². The van der Waals surface area contributed by atoms with Crippen molar-refractivity contribution in [1.29, 1.82) is 0 Å². The van der Waals surface area contributed by atoms with Gasteiger partial charge in [0.05, 0.1) is 6.61 Å². The van der Waals surface area contributed by atoms with Gasteiger partial charge in [0.2, 0.25) is 0 Å². The second-order valence-electron chi connectivity index (χ2n) is 7.62. The molecule has 4 heteroatoms. The maximum atomic E-state index is 11.5. The lowest BCUT2D eigenvalue weighted by molar-refractivity contribution is -0.272. The molecule has 4 nitrogen and oxygen atoms in total. The van der Waals surface area contributed by atoms with Crippen molar-refractivity contribution in [2.75, 3.05) is 13.7 Å². The summed E-state index contributed by atoms with van der Waals surface area (Å²) in [5.74, 6) is 0.202. The molecule has 3 aliphatic rings. The van der Waals surface area contributed by atoms with Crippen LogP contribution in [0.15, 0.2) is 12.2 Å². The molecule has 2 N–H and O–H groups in total. The number of allylic oxidation sites excluding steroid dienone is 1. The highest BCUT2D eigenvalue weighted by Crippen LogP contribution is 2.64. The van der Waals surface area contributed by atoms with E-state index in [4.69, 9.17) is 9.47 Å². The van der Waals surface area contributed by atoms with Crippen LogP contribution in [0.4, 0.5) is 0 Å². The van der Waals surface area contributed by atoms with Crippen molar-refractivity contribution in [3.05, 3.63) is 12.2 Å². The predicted molar refractivity (Wildman–Crippen MR) is 75.0 cm³/mol. The maximum absolute atomic E-state index is 11.5. The topological polar surface area (TPSA) is 58.9 Å². The molecule has 114 valence electrons. The van der Waals surface area contributed by atoms with Gasteiger partial charge >= 0.3 is 0 Å². The van der Waals surface area contributed by atoms with Crippen molar-refractivity contribution >= 4 is 0 Å². The molecule has 0 amide bonds. The molecule has 2 fully saturated rings. The van der Waals surface area contributed by atoms with E-state index in [1.807, 2.05) is 6.08 Å². The van der Waals surface area contributed by atoms with Crippen LogP contribution < -0.4 is 0 Å².